The third-order valence-electron chi connectivity index (χ3n) is 2.97. The molecule has 4 nitrogen and oxygen atoms in total. The van der Waals surface area contributed by atoms with Gasteiger partial charge in [0.15, 0.2) is 0 Å². The number of carboxylic acid groups (broad SMARTS) is 1. The molecule has 1 atom stereocenters. The summed E-state index contributed by atoms with van der Waals surface area (Å²) in [5.74, 6) is -1.53. The van der Waals surface area contributed by atoms with Crippen molar-refractivity contribution in [2.45, 2.75) is 12.8 Å². The van der Waals surface area contributed by atoms with Gasteiger partial charge in [0, 0.05) is 0 Å². The Kier molecular flexibility index (Phi) is 4.15. The molecule has 0 heterocycles. The van der Waals surface area contributed by atoms with Crippen molar-refractivity contribution in [1.29, 1.82) is 0 Å². The van der Waals surface area contributed by atoms with E-state index in [1.165, 1.54) is 0 Å². The monoisotopic (exact) mass is 270 g/mol. The van der Waals surface area contributed by atoms with E-state index in [1.807, 2.05) is 6.07 Å². The number of esters is 1. The van der Waals surface area contributed by atoms with Crippen LogP contribution in [0.4, 0.5) is 0 Å². The standard InChI is InChI=1S/C16H14O4/c1-11(15(17)18)12-7-9-14(10-8-12)20-16(19)13-5-3-2-4-6-13/h2-11H,1H3,(H,17,18). The lowest BCUT2D eigenvalue weighted by atomic mass is 10.0. The van der Waals surface area contributed by atoms with Crippen molar-refractivity contribution in [2.24, 2.45) is 0 Å². The van der Waals surface area contributed by atoms with Crippen LogP contribution in [0.25, 0.3) is 0 Å². The average Bonchev–Trinajstić information content (AvgIpc) is 2.48. The van der Waals surface area contributed by atoms with E-state index in [-0.39, 0.29) is 0 Å². The fraction of sp³-hybridized carbons (Fsp3) is 0.125. The first-order valence-corrected chi connectivity index (χ1v) is 6.18. The van der Waals surface area contributed by atoms with Crippen LogP contribution in [0.1, 0.15) is 28.8 Å². The van der Waals surface area contributed by atoms with Crippen molar-refractivity contribution in [3.8, 4) is 5.75 Å². The Morgan fingerprint density at radius 3 is 2.15 bits per heavy atom. The van der Waals surface area contributed by atoms with Crippen molar-refractivity contribution < 1.29 is 19.4 Å². The van der Waals surface area contributed by atoms with Crippen molar-refractivity contribution in [1.82, 2.24) is 0 Å². The molecule has 4 heteroatoms. The molecule has 0 spiro atoms. The summed E-state index contributed by atoms with van der Waals surface area (Å²) >= 11 is 0. The fourth-order valence-electron chi connectivity index (χ4n) is 1.71. The molecule has 0 aliphatic rings. The van der Waals surface area contributed by atoms with Crippen LogP contribution in [0, 0.1) is 0 Å². The average molecular weight is 270 g/mol. The second-order valence-electron chi connectivity index (χ2n) is 4.38. The van der Waals surface area contributed by atoms with E-state index in [4.69, 9.17) is 9.84 Å². The summed E-state index contributed by atoms with van der Waals surface area (Å²) in [6, 6.07) is 15.2. The molecule has 1 unspecified atom stereocenters. The van der Waals surface area contributed by atoms with Gasteiger partial charge in [-0.15, -0.1) is 0 Å². The Bertz CT molecular complexity index is 602. The Labute approximate surface area is 116 Å². The zero-order valence-electron chi connectivity index (χ0n) is 10.9. The second kappa shape index (κ2) is 6.02. The van der Waals surface area contributed by atoms with E-state index in [0.29, 0.717) is 16.9 Å². The number of hydrogen-bond acceptors (Lipinski definition) is 3. The molecule has 0 radical (unpaired) electrons. The lowest BCUT2D eigenvalue weighted by Crippen LogP contribution is -2.09. The van der Waals surface area contributed by atoms with Gasteiger partial charge in [-0.1, -0.05) is 30.3 Å². The smallest absolute Gasteiger partial charge is 0.343 e. The second-order valence-corrected chi connectivity index (χ2v) is 4.38. The molecule has 1 N–H and O–H groups in total. The molecule has 2 aromatic rings. The Morgan fingerprint density at radius 1 is 1.00 bits per heavy atom. The minimum atomic E-state index is -0.890. The number of carbonyl (C=O) groups excluding carboxylic acids is 1. The van der Waals surface area contributed by atoms with E-state index in [1.54, 1.807) is 55.5 Å². The molecule has 0 aliphatic carbocycles. The molecule has 0 aromatic heterocycles. The number of benzene rings is 2. The molecular formula is C16H14O4. The SMILES string of the molecule is CC(C(=O)O)c1ccc(OC(=O)c2ccccc2)cc1. The summed E-state index contributed by atoms with van der Waals surface area (Å²) in [7, 11) is 0. The van der Waals surface area contributed by atoms with Gasteiger partial charge in [-0.25, -0.2) is 4.79 Å². The van der Waals surface area contributed by atoms with Crippen LogP contribution in [0.2, 0.25) is 0 Å². The molecule has 0 bridgehead atoms. The third-order valence-corrected chi connectivity index (χ3v) is 2.97. The zero-order valence-corrected chi connectivity index (χ0v) is 10.9. The van der Waals surface area contributed by atoms with Crippen molar-refractivity contribution in [2.75, 3.05) is 0 Å². The number of carbonyl (C=O) groups is 2. The highest BCUT2D eigenvalue weighted by atomic mass is 16.5. The Morgan fingerprint density at radius 2 is 1.60 bits per heavy atom. The fourth-order valence-corrected chi connectivity index (χ4v) is 1.71. The summed E-state index contributed by atoms with van der Waals surface area (Å²) in [4.78, 5) is 22.7. The minimum absolute atomic E-state index is 0.389. The summed E-state index contributed by atoms with van der Waals surface area (Å²) in [5.41, 5.74) is 1.13. The number of aliphatic carboxylic acids is 1. The number of carboxylic acids is 1. The molecule has 2 aromatic carbocycles. The summed E-state index contributed by atoms with van der Waals surface area (Å²) in [6.07, 6.45) is 0. The topological polar surface area (TPSA) is 63.6 Å². The van der Waals surface area contributed by atoms with Gasteiger partial charge < -0.3 is 9.84 Å². The van der Waals surface area contributed by atoms with Crippen LogP contribution in [0.5, 0.6) is 5.75 Å². The Hall–Kier alpha value is -2.62. The van der Waals surface area contributed by atoms with E-state index in [2.05, 4.69) is 0 Å². The maximum Gasteiger partial charge on any atom is 0.343 e. The molecule has 0 saturated carbocycles. The zero-order chi connectivity index (χ0) is 14.5. The molecule has 102 valence electrons. The van der Waals surface area contributed by atoms with Crippen LogP contribution < -0.4 is 4.74 Å². The first-order chi connectivity index (χ1) is 9.58. The molecule has 0 fully saturated rings. The van der Waals surface area contributed by atoms with E-state index in [0.717, 1.165) is 0 Å². The van der Waals surface area contributed by atoms with Crippen LogP contribution >= 0.6 is 0 Å². The van der Waals surface area contributed by atoms with E-state index < -0.39 is 17.9 Å². The van der Waals surface area contributed by atoms with Crippen molar-refractivity contribution in [3.63, 3.8) is 0 Å². The van der Waals surface area contributed by atoms with Crippen LogP contribution in [-0.2, 0) is 4.79 Å². The largest absolute Gasteiger partial charge is 0.481 e. The summed E-state index contributed by atoms with van der Waals surface area (Å²) in [5, 5.41) is 8.91. The summed E-state index contributed by atoms with van der Waals surface area (Å²) in [6.45, 7) is 1.60. The maximum absolute atomic E-state index is 11.8. The van der Waals surface area contributed by atoms with Gasteiger partial charge in [0.1, 0.15) is 5.75 Å². The van der Waals surface area contributed by atoms with Crippen LogP contribution in [-0.4, -0.2) is 17.0 Å². The van der Waals surface area contributed by atoms with Gasteiger partial charge in [0.05, 0.1) is 11.5 Å². The maximum atomic E-state index is 11.8. The highest BCUT2D eigenvalue weighted by Crippen LogP contribution is 2.20. The quantitative estimate of drug-likeness (QED) is 0.685. The molecular weight excluding hydrogens is 256 g/mol. The molecule has 20 heavy (non-hydrogen) atoms. The van der Waals surface area contributed by atoms with E-state index >= 15 is 0 Å². The number of ether oxygens (including phenoxy) is 1. The predicted molar refractivity (Wildman–Crippen MR) is 73.9 cm³/mol. The first-order valence-electron chi connectivity index (χ1n) is 6.18. The lowest BCUT2D eigenvalue weighted by Gasteiger charge is -2.08. The van der Waals surface area contributed by atoms with Crippen LogP contribution in [0.3, 0.4) is 0 Å². The highest BCUT2D eigenvalue weighted by molar-refractivity contribution is 5.90. The van der Waals surface area contributed by atoms with Gasteiger partial charge in [0.2, 0.25) is 0 Å². The number of rotatable bonds is 4. The first kappa shape index (κ1) is 13.8. The predicted octanol–water partition coefficient (Wildman–Crippen LogP) is 3.09. The minimum Gasteiger partial charge on any atom is -0.481 e. The van der Waals surface area contributed by atoms with Gasteiger partial charge in [-0.3, -0.25) is 4.79 Å². The lowest BCUT2D eigenvalue weighted by molar-refractivity contribution is -0.138. The molecule has 0 saturated heterocycles. The summed E-state index contributed by atoms with van der Waals surface area (Å²) < 4.78 is 5.21. The normalized spacial score (nSPS) is 11.7. The highest BCUT2D eigenvalue weighted by Gasteiger charge is 2.14. The molecule has 2 rings (SSSR count). The molecule has 0 amide bonds. The Balaban J connectivity index is 2.08. The number of hydrogen-bond donors (Lipinski definition) is 1. The van der Waals surface area contributed by atoms with Gasteiger partial charge in [0.25, 0.3) is 0 Å². The van der Waals surface area contributed by atoms with Gasteiger partial charge in [-0.2, -0.15) is 0 Å². The molecule has 0 aliphatic heterocycles. The van der Waals surface area contributed by atoms with Crippen molar-refractivity contribution >= 4 is 11.9 Å². The van der Waals surface area contributed by atoms with E-state index in [9.17, 15) is 9.59 Å². The van der Waals surface area contributed by atoms with Gasteiger partial charge in [-0.05, 0) is 36.8 Å². The van der Waals surface area contributed by atoms with Crippen LogP contribution in [0.15, 0.2) is 54.6 Å². The van der Waals surface area contributed by atoms with Gasteiger partial charge >= 0.3 is 11.9 Å². The van der Waals surface area contributed by atoms with Crippen molar-refractivity contribution in [3.05, 3.63) is 65.7 Å². The third kappa shape index (κ3) is 3.23.